The van der Waals surface area contributed by atoms with Gasteiger partial charge in [0.1, 0.15) is 0 Å². The minimum atomic E-state index is -1.19. The number of carboxylic acid groups (broad SMARTS) is 2. The van der Waals surface area contributed by atoms with Crippen LogP contribution in [0.5, 0.6) is 0 Å². The Morgan fingerprint density at radius 3 is 1.95 bits per heavy atom. The zero-order chi connectivity index (χ0) is 17.2. The van der Waals surface area contributed by atoms with E-state index in [0.717, 1.165) is 32.1 Å². The van der Waals surface area contributed by atoms with Crippen LogP contribution in [0.4, 0.5) is 0 Å². The van der Waals surface area contributed by atoms with E-state index in [1.165, 1.54) is 26.2 Å². The Hall–Kier alpha value is -1.06. The summed E-state index contributed by atoms with van der Waals surface area (Å²) in [6.07, 6.45) is 9.32. The predicted octanol–water partition coefficient (Wildman–Crippen LogP) is 4.96. The first-order chi connectivity index (χ1) is 10.3. The van der Waals surface area contributed by atoms with Gasteiger partial charge in [-0.1, -0.05) is 72.1 Å². The Balaban J connectivity index is 4.87. The number of carboxylic acids is 2. The van der Waals surface area contributed by atoms with E-state index in [4.69, 9.17) is 0 Å². The van der Waals surface area contributed by atoms with Crippen LogP contribution in [0.3, 0.4) is 0 Å². The second kappa shape index (κ2) is 10.6. The number of unbranched alkanes of at least 4 members (excludes halogenated alkanes) is 4. The van der Waals surface area contributed by atoms with E-state index in [1.54, 1.807) is 6.92 Å². The van der Waals surface area contributed by atoms with E-state index < -0.39 is 23.3 Å². The lowest BCUT2D eigenvalue weighted by Crippen LogP contribution is -2.40. The van der Waals surface area contributed by atoms with Gasteiger partial charge in [-0.15, -0.1) is 0 Å². The molecule has 2 N–H and O–H groups in total. The fourth-order valence-electron chi connectivity index (χ4n) is 3.02. The quantitative estimate of drug-likeness (QED) is 0.471. The van der Waals surface area contributed by atoms with Crippen molar-refractivity contribution in [2.24, 2.45) is 17.3 Å². The van der Waals surface area contributed by atoms with E-state index in [0.29, 0.717) is 12.3 Å². The minimum absolute atomic E-state index is 0.305. The molecule has 130 valence electrons. The normalized spacial score (nSPS) is 16.7. The van der Waals surface area contributed by atoms with Gasteiger partial charge < -0.3 is 10.2 Å². The summed E-state index contributed by atoms with van der Waals surface area (Å²) in [7, 11) is 0. The molecule has 0 bridgehead atoms. The minimum Gasteiger partial charge on any atom is -0.481 e. The molecule has 0 saturated carbocycles. The molecule has 0 aromatic rings. The number of hydrogen-bond acceptors (Lipinski definition) is 2. The van der Waals surface area contributed by atoms with Crippen molar-refractivity contribution in [1.82, 2.24) is 0 Å². The van der Waals surface area contributed by atoms with Crippen LogP contribution < -0.4 is 0 Å². The summed E-state index contributed by atoms with van der Waals surface area (Å²) in [5.74, 6) is -2.58. The third kappa shape index (κ3) is 6.80. The van der Waals surface area contributed by atoms with E-state index in [2.05, 4.69) is 13.8 Å². The van der Waals surface area contributed by atoms with Crippen molar-refractivity contribution in [2.75, 3.05) is 0 Å². The first-order valence-corrected chi connectivity index (χ1v) is 8.75. The Kier molecular flexibility index (Phi) is 10.1. The molecule has 0 aliphatic heterocycles. The topological polar surface area (TPSA) is 74.6 Å². The second-order valence-corrected chi connectivity index (χ2v) is 6.84. The van der Waals surface area contributed by atoms with Crippen LogP contribution in [0.1, 0.15) is 85.5 Å². The smallest absolute Gasteiger partial charge is 0.310 e. The maximum absolute atomic E-state index is 11.7. The SMILES string of the molecule is CCCCCCC(CCCC)CC(C)(C(=O)O)C(C)C(=O)O. The molecular formula is C18H34O4. The Morgan fingerprint density at radius 1 is 0.955 bits per heavy atom. The molecule has 0 spiro atoms. The molecule has 0 aliphatic rings. The van der Waals surface area contributed by atoms with E-state index in [-0.39, 0.29) is 0 Å². The monoisotopic (exact) mass is 314 g/mol. The van der Waals surface area contributed by atoms with Crippen molar-refractivity contribution in [3.63, 3.8) is 0 Å². The molecule has 0 amide bonds. The molecule has 0 radical (unpaired) electrons. The van der Waals surface area contributed by atoms with Crippen LogP contribution in [-0.4, -0.2) is 22.2 Å². The van der Waals surface area contributed by atoms with Crippen molar-refractivity contribution in [3.8, 4) is 0 Å². The lowest BCUT2D eigenvalue weighted by molar-refractivity contribution is -0.162. The number of carbonyl (C=O) groups is 2. The van der Waals surface area contributed by atoms with Gasteiger partial charge in [-0.3, -0.25) is 9.59 Å². The average molecular weight is 314 g/mol. The van der Waals surface area contributed by atoms with Crippen LogP contribution >= 0.6 is 0 Å². The zero-order valence-corrected chi connectivity index (χ0v) is 14.7. The van der Waals surface area contributed by atoms with Crippen LogP contribution in [0, 0.1) is 17.3 Å². The lowest BCUT2D eigenvalue weighted by Gasteiger charge is -2.33. The van der Waals surface area contributed by atoms with Gasteiger partial charge in [-0.05, 0) is 19.3 Å². The Bertz CT molecular complexity index is 340. The molecule has 0 aliphatic carbocycles. The van der Waals surface area contributed by atoms with Gasteiger partial charge in [0, 0.05) is 0 Å². The fourth-order valence-corrected chi connectivity index (χ4v) is 3.02. The third-order valence-corrected chi connectivity index (χ3v) is 4.96. The molecule has 0 aromatic carbocycles. The highest BCUT2D eigenvalue weighted by atomic mass is 16.4. The maximum atomic E-state index is 11.7. The Morgan fingerprint density at radius 2 is 1.50 bits per heavy atom. The predicted molar refractivity (Wildman–Crippen MR) is 88.9 cm³/mol. The van der Waals surface area contributed by atoms with Gasteiger partial charge >= 0.3 is 11.9 Å². The van der Waals surface area contributed by atoms with Gasteiger partial charge in [-0.25, -0.2) is 0 Å². The van der Waals surface area contributed by atoms with E-state index in [9.17, 15) is 19.8 Å². The van der Waals surface area contributed by atoms with Crippen molar-refractivity contribution < 1.29 is 19.8 Å². The molecular weight excluding hydrogens is 280 g/mol. The summed E-state index contributed by atoms with van der Waals surface area (Å²) in [5.41, 5.74) is -1.19. The molecule has 0 rings (SSSR count). The van der Waals surface area contributed by atoms with Gasteiger partial charge in [0.05, 0.1) is 11.3 Å². The van der Waals surface area contributed by atoms with Crippen molar-refractivity contribution in [2.45, 2.75) is 85.5 Å². The molecule has 4 heteroatoms. The highest BCUT2D eigenvalue weighted by Crippen LogP contribution is 2.38. The fraction of sp³-hybridized carbons (Fsp3) is 0.889. The second-order valence-electron chi connectivity index (χ2n) is 6.84. The lowest BCUT2D eigenvalue weighted by atomic mass is 9.70. The van der Waals surface area contributed by atoms with Crippen LogP contribution in [-0.2, 0) is 9.59 Å². The molecule has 3 unspecified atom stereocenters. The van der Waals surface area contributed by atoms with Gasteiger partial charge in [0.15, 0.2) is 0 Å². The molecule has 0 aromatic heterocycles. The van der Waals surface area contributed by atoms with Crippen LogP contribution in [0.2, 0.25) is 0 Å². The third-order valence-electron chi connectivity index (χ3n) is 4.96. The number of rotatable bonds is 13. The summed E-state index contributed by atoms with van der Waals surface area (Å²) in [6.45, 7) is 7.42. The highest BCUT2D eigenvalue weighted by Gasteiger charge is 2.44. The number of aliphatic carboxylic acids is 2. The molecule has 0 fully saturated rings. The van der Waals surface area contributed by atoms with E-state index in [1.807, 2.05) is 0 Å². The molecule has 0 heterocycles. The van der Waals surface area contributed by atoms with Crippen molar-refractivity contribution >= 4 is 11.9 Å². The van der Waals surface area contributed by atoms with Gasteiger partial charge in [-0.2, -0.15) is 0 Å². The first-order valence-electron chi connectivity index (χ1n) is 8.75. The van der Waals surface area contributed by atoms with Gasteiger partial charge in [0.2, 0.25) is 0 Å². The number of hydrogen-bond donors (Lipinski definition) is 2. The first kappa shape index (κ1) is 20.9. The molecule has 0 saturated heterocycles. The summed E-state index contributed by atoms with van der Waals surface area (Å²) in [5, 5.41) is 18.8. The zero-order valence-electron chi connectivity index (χ0n) is 14.7. The highest BCUT2D eigenvalue weighted by molar-refractivity contribution is 5.82. The molecule has 3 atom stereocenters. The molecule has 22 heavy (non-hydrogen) atoms. The van der Waals surface area contributed by atoms with Crippen molar-refractivity contribution in [3.05, 3.63) is 0 Å². The summed E-state index contributed by atoms with van der Waals surface area (Å²) < 4.78 is 0. The van der Waals surface area contributed by atoms with Crippen LogP contribution in [0.25, 0.3) is 0 Å². The standard InChI is InChI=1S/C18H34O4/c1-5-7-9-10-12-15(11-8-6-2)13-18(4,17(21)22)14(3)16(19)20/h14-15H,5-13H2,1-4H3,(H,19,20)(H,21,22). The summed E-state index contributed by atoms with van der Waals surface area (Å²) >= 11 is 0. The maximum Gasteiger partial charge on any atom is 0.310 e. The summed E-state index contributed by atoms with van der Waals surface area (Å²) in [4.78, 5) is 23.0. The average Bonchev–Trinajstić information content (AvgIpc) is 2.47. The van der Waals surface area contributed by atoms with Gasteiger partial charge in [0.25, 0.3) is 0 Å². The largest absolute Gasteiger partial charge is 0.481 e. The molecule has 4 nitrogen and oxygen atoms in total. The summed E-state index contributed by atoms with van der Waals surface area (Å²) in [6, 6.07) is 0. The Labute approximate surface area is 135 Å². The van der Waals surface area contributed by atoms with Crippen LogP contribution in [0.15, 0.2) is 0 Å². The van der Waals surface area contributed by atoms with Crippen molar-refractivity contribution in [1.29, 1.82) is 0 Å². The van der Waals surface area contributed by atoms with E-state index >= 15 is 0 Å².